The van der Waals surface area contributed by atoms with Crippen molar-refractivity contribution in [2.75, 3.05) is 24.6 Å². The molecule has 0 spiro atoms. The van der Waals surface area contributed by atoms with Crippen molar-refractivity contribution in [1.29, 1.82) is 0 Å². The lowest BCUT2D eigenvalue weighted by atomic mass is 9.99. The number of hydrogen-bond acceptors (Lipinski definition) is 3. The maximum atomic E-state index is 13.1. The summed E-state index contributed by atoms with van der Waals surface area (Å²) in [5, 5.41) is 1.05. The fourth-order valence-corrected chi connectivity index (χ4v) is 3.99. The van der Waals surface area contributed by atoms with Crippen molar-refractivity contribution < 1.29 is 22.7 Å². The van der Waals surface area contributed by atoms with Gasteiger partial charge in [-0.15, -0.1) is 0 Å². The van der Waals surface area contributed by atoms with Crippen molar-refractivity contribution in [1.82, 2.24) is 4.57 Å². The molecule has 0 atom stereocenters. The summed E-state index contributed by atoms with van der Waals surface area (Å²) in [5.41, 5.74) is 2.33. The number of alkyl halides is 3. The Bertz CT molecular complexity index is 1120. The molecular weight excluding hydrogens is 417 g/mol. The number of rotatable bonds is 4. The van der Waals surface area contributed by atoms with E-state index in [1.54, 1.807) is 26.1 Å². The number of aryl methyl sites for hydroxylation is 1. The highest BCUT2D eigenvalue weighted by molar-refractivity contribution is 6.31. The van der Waals surface area contributed by atoms with Gasteiger partial charge in [0.15, 0.2) is 0 Å². The third-order valence-corrected chi connectivity index (χ3v) is 5.56. The monoisotopic (exact) mass is 436 g/mol. The number of aromatic nitrogens is 1. The van der Waals surface area contributed by atoms with Crippen LogP contribution in [-0.4, -0.2) is 30.2 Å². The molecule has 0 N–H and O–H groups in total. The fraction of sp³-hybridized carbons (Fsp3) is 0.318. The first kappa shape index (κ1) is 20.6. The molecule has 8 heteroatoms. The summed E-state index contributed by atoms with van der Waals surface area (Å²) in [6, 6.07) is 9.24. The minimum Gasteiger partial charge on any atom is -0.466 e. The van der Waals surface area contributed by atoms with Crippen molar-refractivity contribution in [2.24, 2.45) is 5.92 Å². The Labute approximate surface area is 176 Å². The van der Waals surface area contributed by atoms with Gasteiger partial charge in [0.1, 0.15) is 0 Å². The van der Waals surface area contributed by atoms with Gasteiger partial charge >= 0.3 is 12.1 Å². The van der Waals surface area contributed by atoms with E-state index in [0.29, 0.717) is 35.6 Å². The van der Waals surface area contributed by atoms with Gasteiger partial charge in [-0.1, -0.05) is 11.6 Å². The first-order valence-electron chi connectivity index (χ1n) is 9.59. The van der Waals surface area contributed by atoms with E-state index >= 15 is 0 Å². The molecule has 0 radical (unpaired) electrons. The van der Waals surface area contributed by atoms with E-state index in [1.807, 2.05) is 21.6 Å². The standard InChI is InChI=1S/C22H20ClF3N2O2/c1-3-30-21(29)14-11-27(12-14)17-7-16(23)8-18(9-17)28-10-13(2)19-6-15(22(24,25)26)4-5-20(19)28/h4-10,14H,3,11-12H2,1-2H3. The Hall–Kier alpha value is -2.67. The molecular formula is C22H20ClF3N2O2. The summed E-state index contributed by atoms with van der Waals surface area (Å²) >= 11 is 6.34. The molecule has 0 bridgehead atoms. The average Bonchev–Trinajstić information content (AvgIpc) is 2.96. The van der Waals surface area contributed by atoms with E-state index in [1.165, 1.54) is 12.1 Å². The summed E-state index contributed by atoms with van der Waals surface area (Å²) in [5.74, 6) is -0.369. The van der Waals surface area contributed by atoms with Crippen LogP contribution in [0.2, 0.25) is 5.02 Å². The van der Waals surface area contributed by atoms with Gasteiger partial charge in [0.25, 0.3) is 0 Å². The van der Waals surface area contributed by atoms with Crippen LogP contribution in [0.15, 0.2) is 42.6 Å². The van der Waals surface area contributed by atoms with E-state index in [4.69, 9.17) is 16.3 Å². The summed E-state index contributed by atoms with van der Waals surface area (Å²) in [7, 11) is 0. The van der Waals surface area contributed by atoms with E-state index in [2.05, 4.69) is 0 Å². The van der Waals surface area contributed by atoms with Gasteiger partial charge in [-0.2, -0.15) is 13.2 Å². The second-order valence-electron chi connectivity index (χ2n) is 7.43. The van der Waals surface area contributed by atoms with E-state index < -0.39 is 11.7 Å². The summed E-state index contributed by atoms with van der Waals surface area (Å²) < 4.78 is 46.2. The highest BCUT2D eigenvalue weighted by atomic mass is 35.5. The predicted octanol–water partition coefficient (Wildman–Crippen LogP) is 5.61. The highest BCUT2D eigenvalue weighted by Crippen LogP contribution is 2.35. The van der Waals surface area contributed by atoms with Crippen molar-refractivity contribution >= 4 is 34.2 Å². The Kier molecular flexibility index (Phi) is 5.18. The zero-order chi connectivity index (χ0) is 21.6. The number of esters is 1. The molecule has 1 aliphatic rings. The van der Waals surface area contributed by atoms with Gasteiger partial charge < -0.3 is 14.2 Å². The molecule has 4 rings (SSSR count). The average molecular weight is 437 g/mol. The molecule has 0 saturated carbocycles. The third kappa shape index (κ3) is 3.74. The first-order chi connectivity index (χ1) is 14.2. The maximum Gasteiger partial charge on any atom is 0.416 e. The summed E-state index contributed by atoms with van der Waals surface area (Å²) in [6.07, 6.45) is -2.59. The van der Waals surface area contributed by atoms with Crippen LogP contribution in [0, 0.1) is 12.8 Å². The first-order valence-corrected chi connectivity index (χ1v) is 9.96. The number of fused-ring (bicyclic) bond motifs is 1. The Morgan fingerprint density at radius 1 is 1.17 bits per heavy atom. The Morgan fingerprint density at radius 2 is 1.87 bits per heavy atom. The molecule has 30 heavy (non-hydrogen) atoms. The van der Waals surface area contributed by atoms with E-state index in [9.17, 15) is 18.0 Å². The zero-order valence-electron chi connectivity index (χ0n) is 16.5. The normalized spacial score (nSPS) is 14.8. The topological polar surface area (TPSA) is 34.5 Å². The second-order valence-corrected chi connectivity index (χ2v) is 7.87. The zero-order valence-corrected chi connectivity index (χ0v) is 17.2. The minimum absolute atomic E-state index is 0.164. The molecule has 0 amide bonds. The van der Waals surface area contributed by atoms with Crippen molar-refractivity contribution in [3.8, 4) is 5.69 Å². The van der Waals surface area contributed by atoms with E-state index in [0.717, 1.165) is 23.0 Å². The molecule has 158 valence electrons. The number of ether oxygens (including phenoxy) is 1. The molecule has 0 unspecified atom stereocenters. The summed E-state index contributed by atoms with van der Waals surface area (Å²) in [6.45, 7) is 4.99. The van der Waals surface area contributed by atoms with Crippen molar-refractivity contribution in [3.05, 3.63) is 58.7 Å². The minimum atomic E-state index is -4.39. The largest absolute Gasteiger partial charge is 0.466 e. The van der Waals surface area contributed by atoms with Crippen LogP contribution in [0.3, 0.4) is 0 Å². The van der Waals surface area contributed by atoms with Gasteiger partial charge in [-0.3, -0.25) is 4.79 Å². The highest BCUT2D eigenvalue weighted by Gasteiger charge is 2.34. The van der Waals surface area contributed by atoms with Crippen LogP contribution >= 0.6 is 11.6 Å². The predicted molar refractivity (Wildman–Crippen MR) is 110 cm³/mol. The molecule has 2 heterocycles. The third-order valence-electron chi connectivity index (χ3n) is 5.34. The van der Waals surface area contributed by atoms with Crippen LogP contribution in [0.1, 0.15) is 18.1 Å². The van der Waals surface area contributed by atoms with Crippen LogP contribution in [0.25, 0.3) is 16.6 Å². The lowest BCUT2D eigenvalue weighted by Crippen LogP contribution is -2.51. The number of carbonyl (C=O) groups excluding carboxylic acids is 1. The molecule has 1 aliphatic heterocycles. The number of hydrogen-bond donors (Lipinski definition) is 0. The van der Waals surface area contributed by atoms with Crippen molar-refractivity contribution in [2.45, 2.75) is 20.0 Å². The maximum absolute atomic E-state index is 13.1. The Balaban J connectivity index is 1.67. The van der Waals surface area contributed by atoms with Crippen molar-refractivity contribution in [3.63, 3.8) is 0 Å². The van der Waals surface area contributed by atoms with Gasteiger partial charge in [-0.05, 0) is 55.8 Å². The molecule has 3 aromatic rings. The van der Waals surface area contributed by atoms with Gasteiger partial charge in [-0.25, -0.2) is 0 Å². The van der Waals surface area contributed by atoms with Crippen LogP contribution < -0.4 is 4.90 Å². The molecule has 1 aromatic heterocycles. The van der Waals surface area contributed by atoms with E-state index in [-0.39, 0.29) is 11.9 Å². The molecule has 2 aromatic carbocycles. The summed E-state index contributed by atoms with van der Waals surface area (Å²) in [4.78, 5) is 13.9. The number of anilines is 1. The van der Waals surface area contributed by atoms with Gasteiger partial charge in [0.2, 0.25) is 0 Å². The SMILES string of the molecule is CCOC(=O)C1CN(c2cc(Cl)cc(-n3cc(C)c4cc(C(F)(F)F)ccc43)c2)C1. The molecule has 1 saturated heterocycles. The molecule has 0 aliphatic carbocycles. The fourth-order valence-electron chi connectivity index (χ4n) is 3.76. The smallest absolute Gasteiger partial charge is 0.416 e. The van der Waals surface area contributed by atoms with Gasteiger partial charge in [0, 0.05) is 41.1 Å². The second kappa shape index (κ2) is 7.54. The molecule has 4 nitrogen and oxygen atoms in total. The lowest BCUT2D eigenvalue weighted by Gasteiger charge is -2.39. The Morgan fingerprint density at radius 3 is 2.53 bits per heavy atom. The quantitative estimate of drug-likeness (QED) is 0.498. The van der Waals surface area contributed by atoms with Crippen LogP contribution in [0.5, 0.6) is 0 Å². The lowest BCUT2D eigenvalue weighted by molar-refractivity contribution is -0.148. The van der Waals surface area contributed by atoms with Crippen LogP contribution in [-0.2, 0) is 15.7 Å². The number of halogens is 4. The number of benzene rings is 2. The number of carbonyl (C=O) groups is 1. The van der Waals surface area contributed by atoms with Gasteiger partial charge in [0.05, 0.1) is 23.6 Å². The van der Waals surface area contributed by atoms with Crippen LogP contribution in [0.4, 0.5) is 18.9 Å². The number of nitrogens with zero attached hydrogens (tertiary/aromatic N) is 2. The molecule has 1 fully saturated rings.